The quantitative estimate of drug-likeness (QED) is 0.412. The standard InChI is InChI=1S/C28H30FN3O6S/c1-3-30-28(34)20(2)31(18-21-9-7-8-12-24(21)29)27(33)19-32(39(35,36)23-10-5-4-6-11-23)22-13-14-25-26(17-22)38-16-15-37-25/h4-14,17,20H,3,15-16,18-19H2,1-2H3,(H,30,34)/t20-/m1/s1. The first-order valence-electron chi connectivity index (χ1n) is 12.5. The van der Waals surface area contributed by atoms with E-state index in [1.54, 1.807) is 37.3 Å². The van der Waals surface area contributed by atoms with Gasteiger partial charge >= 0.3 is 0 Å². The van der Waals surface area contributed by atoms with Gasteiger partial charge < -0.3 is 19.7 Å². The highest BCUT2D eigenvalue weighted by atomic mass is 32.2. The molecule has 0 aliphatic carbocycles. The predicted molar refractivity (Wildman–Crippen MR) is 144 cm³/mol. The fraction of sp³-hybridized carbons (Fsp3) is 0.286. The molecule has 0 bridgehead atoms. The number of fused-ring (bicyclic) bond motifs is 1. The van der Waals surface area contributed by atoms with E-state index in [0.29, 0.717) is 31.3 Å². The third-order valence-electron chi connectivity index (χ3n) is 6.24. The molecule has 0 fully saturated rings. The second-order valence-electron chi connectivity index (χ2n) is 8.84. The largest absolute Gasteiger partial charge is 0.486 e. The molecule has 39 heavy (non-hydrogen) atoms. The molecule has 11 heteroatoms. The minimum absolute atomic E-state index is 0.0230. The third kappa shape index (κ3) is 6.31. The molecule has 0 saturated heterocycles. The van der Waals surface area contributed by atoms with Crippen molar-refractivity contribution in [3.05, 3.63) is 84.2 Å². The Hall–Kier alpha value is -4.12. The second kappa shape index (κ2) is 12.2. The van der Waals surface area contributed by atoms with Crippen molar-refractivity contribution in [2.24, 2.45) is 0 Å². The van der Waals surface area contributed by atoms with Crippen LogP contribution in [0.1, 0.15) is 19.4 Å². The van der Waals surface area contributed by atoms with Crippen LogP contribution < -0.4 is 19.1 Å². The van der Waals surface area contributed by atoms with Crippen molar-refractivity contribution < 1.29 is 31.9 Å². The Labute approximate surface area is 227 Å². The Bertz CT molecular complexity index is 1430. The molecule has 206 valence electrons. The predicted octanol–water partition coefficient (Wildman–Crippen LogP) is 3.35. The van der Waals surface area contributed by atoms with Crippen molar-refractivity contribution in [3.8, 4) is 11.5 Å². The summed E-state index contributed by atoms with van der Waals surface area (Å²) in [6.07, 6.45) is 0. The smallest absolute Gasteiger partial charge is 0.264 e. The normalized spacial score (nSPS) is 13.3. The van der Waals surface area contributed by atoms with E-state index in [9.17, 15) is 22.4 Å². The summed E-state index contributed by atoms with van der Waals surface area (Å²) in [7, 11) is -4.23. The average molecular weight is 556 g/mol. The number of ether oxygens (including phenoxy) is 2. The van der Waals surface area contributed by atoms with E-state index in [1.807, 2.05) is 0 Å². The summed E-state index contributed by atoms with van der Waals surface area (Å²) in [5.41, 5.74) is 0.367. The van der Waals surface area contributed by atoms with Gasteiger partial charge in [0.25, 0.3) is 10.0 Å². The second-order valence-corrected chi connectivity index (χ2v) is 10.7. The zero-order valence-electron chi connectivity index (χ0n) is 21.7. The number of nitrogens with one attached hydrogen (secondary N) is 1. The molecule has 1 aliphatic rings. The number of hydrogen-bond acceptors (Lipinski definition) is 6. The Morgan fingerprint density at radius 3 is 2.33 bits per heavy atom. The van der Waals surface area contributed by atoms with E-state index in [-0.39, 0.29) is 22.7 Å². The summed E-state index contributed by atoms with van der Waals surface area (Å²) in [5.74, 6) is -0.873. The van der Waals surface area contributed by atoms with Crippen LogP contribution in [-0.4, -0.2) is 57.5 Å². The molecule has 3 aromatic carbocycles. The van der Waals surface area contributed by atoms with E-state index in [2.05, 4.69) is 5.32 Å². The van der Waals surface area contributed by atoms with Gasteiger partial charge in [-0.15, -0.1) is 0 Å². The van der Waals surface area contributed by atoms with Gasteiger partial charge in [-0.05, 0) is 44.2 Å². The number of carbonyl (C=O) groups excluding carboxylic acids is 2. The maximum absolute atomic E-state index is 14.6. The number of anilines is 1. The molecule has 1 heterocycles. The zero-order valence-corrected chi connectivity index (χ0v) is 22.5. The van der Waals surface area contributed by atoms with Crippen LogP contribution in [0, 0.1) is 5.82 Å². The van der Waals surface area contributed by atoms with Crippen molar-refractivity contribution in [2.45, 2.75) is 31.3 Å². The zero-order chi connectivity index (χ0) is 28.0. The van der Waals surface area contributed by atoms with Gasteiger partial charge in [0.2, 0.25) is 11.8 Å². The Morgan fingerprint density at radius 2 is 1.64 bits per heavy atom. The number of nitrogens with zero attached hydrogens (tertiary/aromatic N) is 2. The van der Waals surface area contributed by atoms with Gasteiger partial charge in [-0.1, -0.05) is 36.4 Å². The van der Waals surface area contributed by atoms with Gasteiger partial charge in [-0.25, -0.2) is 12.8 Å². The molecule has 0 radical (unpaired) electrons. The molecule has 4 rings (SSSR count). The maximum atomic E-state index is 14.6. The molecule has 3 aromatic rings. The van der Waals surface area contributed by atoms with Crippen molar-refractivity contribution >= 4 is 27.5 Å². The fourth-order valence-corrected chi connectivity index (χ4v) is 5.58. The van der Waals surface area contributed by atoms with Gasteiger partial charge in [0.05, 0.1) is 10.6 Å². The summed E-state index contributed by atoms with van der Waals surface area (Å²) in [5, 5.41) is 2.67. The topological polar surface area (TPSA) is 105 Å². The molecule has 0 spiro atoms. The highest BCUT2D eigenvalue weighted by Crippen LogP contribution is 2.36. The first kappa shape index (κ1) is 27.9. The molecular weight excluding hydrogens is 525 g/mol. The SMILES string of the molecule is CCNC(=O)[C@@H](C)N(Cc1ccccc1F)C(=O)CN(c1ccc2c(c1)OCCO2)S(=O)(=O)c1ccccc1. The van der Waals surface area contributed by atoms with Crippen LogP contribution in [0.25, 0.3) is 0 Å². The highest BCUT2D eigenvalue weighted by molar-refractivity contribution is 7.92. The summed E-state index contributed by atoms with van der Waals surface area (Å²) in [4.78, 5) is 27.7. The average Bonchev–Trinajstić information content (AvgIpc) is 2.95. The number of carbonyl (C=O) groups is 2. The molecule has 1 atom stereocenters. The van der Waals surface area contributed by atoms with Crippen LogP contribution in [-0.2, 0) is 26.2 Å². The van der Waals surface area contributed by atoms with Crippen LogP contribution in [0.15, 0.2) is 77.7 Å². The summed E-state index contributed by atoms with van der Waals surface area (Å²) in [6.45, 7) is 3.37. The molecule has 1 aliphatic heterocycles. The lowest BCUT2D eigenvalue weighted by atomic mass is 10.1. The highest BCUT2D eigenvalue weighted by Gasteiger charge is 2.33. The van der Waals surface area contributed by atoms with Crippen LogP contribution in [0.3, 0.4) is 0 Å². The number of rotatable bonds is 10. The number of amides is 2. The van der Waals surface area contributed by atoms with Crippen LogP contribution >= 0.6 is 0 Å². The molecule has 2 amide bonds. The molecule has 1 N–H and O–H groups in total. The Balaban J connectivity index is 1.74. The monoisotopic (exact) mass is 555 g/mol. The van der Waals surface area contributed by atoms with Crippen molar-refractivity contribution in [1.82, 2.24) is 10.2 Å². The van der Waals surface area contributed by atoms with E-state index >= 15 is 0 Å². The van der Waals surface area contributed by atoms with Crippen LogP contribution in [0.2, 0.25) is 0 Å². The minimum atomic E-state index is -4.23. The van der Waals surface area contributed by atoms with Crippen molar-refractivity contribution in [1.29, 1.82) is 0 Å². The number of benzene rings is 3. The lowest BCUT2D eigenvalue weighted by Crippen LogP contribution is -2.51. The number of likely N-dealkylation sites (N-methyl/N-ethyl adjacent to an activating group) is 1. The van der Waals surface area contributed by atoms with Gasteiger partial charge in [0.15, 0.2) is 11.5 Å². The Kier molecular flexibility index (Phi) is 8.70. The minimum Gasteiger partial charge on any atom is -0.486 e. The summed E-state index contributed by atoms with van der Waals surface area (Å²) >= 11 is 0. The summed E-state index contributed by atoms with van der Waals surface area (Å²) in [6, 6.07) is 17.2. The lowest BCUT2D eigenvalue weighted by molar-refractivity contribution is -0.139. The van der Waals surface area contributed by atoms with Crippen molar-refractivity contribution in [2.75, 3.05) is 30.6 Å². The van der Waals surface area contributed by atoms with Gasteiger partial charge in [0.1, 0.15) is 31.6 Å². The molecule has 9 nitrogen and oxygen atoms in total. The Morgan fingerprint density at radius 1 is 0.974 bits per heavy atom. The molecular formula is C28H30FN3O6S. The number of hydrogen-bond donors (Lipinski definition) is 1. The van der Waals surface area contributed by atoms with E-state index < -0.39 is 40.2 Å². The van der Waals surface area contributed by atoms with E-state index in [1.165, 1.54) is 54.3 Å². The van der Waals surface area contributed by atoms with Crippen molar-refractivity contribution in [3.63, 3.8) is 0 Å². The fourth-order valence-electron chi connectivity index (χ4n) is 4.15. The molecule has 0 saturated carbocycles. The maximum Gasteiger partial charge on any atom is 0.264 e. The number of sulfonamides is 1. The van der Waals surface area contributed by atoms with Gasteiger partial charge in [0, 0.05) is 24.7 Å². The van der Waals surface area contributed by atoms with E-state index in [4.69, 9.17) is 9.47 Å². The first-order valence-corrected chi connectivity index (χ1v) is 13.9. The van der Waals surface area contributed by atoms with E-state index in [0.717, 1.165) is 4.31 Å². The van der Waals surface area contributed by atoms with Gasteiger partial charge in [-0.3, -0.25) is 13.9 Å². The summed E-state index contributed by atoms with van der Waals surface area (Å²) < 4.78 is 54.4. The molecule has 0 aromatic heterocycles. The number of halogens is 1. The van der Waals surface area contributed by atoms with Crippen LogP contribution in [0.5, 0.6) is 11.5 Å². The third-order valence-corrected chi connectivity index (χ3v) is 8.03. The molecule has 0 unspecified atom stereocenters. The first-order chi connectivity index (χ1) is 18.7. The van der Waals surface area contributed by atoms with Gasteiger partial charge in [-0.2, -0.15) is 0 Å². The lowest BCUT2D eigenvalue weighted by Gasteiger charge is -2.32. The van der Waals surface area contributed by atoms with Crippen LogP contribution in [0.4, 0.5) is 10.1 Å².